The van der Waals surface area contributed by atoms with E-state index in [0.717, 1.165) is 81.1 Å². The first kappa shape index (κ1) is 22.1. The first-order chi connectivity index (χ1) is 15.2. The summed E-state index contributed by atoms with van der Waals surface area (Å²) in [7, 11) is 0. The van der Waals surface area contributed by atoms with E-state index in [4.69, 9.17) is 4.74 Å². The van der Waals surface area contributed by atoms with Gasteiger partial charge in [-0.25, -0.2) is 0 Å². The molecule has 0 spiro atoms. The molecule has 0 aliphatic carbocycles. The quantitative estimate of drug-likeness (QED) is 0.658. The van der Waals surface area contributed by atoms with Crippen LogP contribution < -0.4 is 10.2 Å². The number of likely N-dealkylation sites (tertiary alicyclic amines) is 1. The van der Waals surface area contributed by atoms with Gasteiger partial charge in [-0.05, 0) is 44.7 Å². The number of nitrogens with zero attached hydrogens (tertiary/aromatic N) is 5. The number of rotatable bonds is 7. The van der Waals surface area contributed by atoms with Gasteiger partial charge >= 0.3 is 0 Å². The second-order valence-corrected chi connectivity index (χ2v) is 8.80. The number of carbonyl (C=O) groups excluding carboxylic acids is 1. The van der Waals surface area contributed by atoms with Crippen molar-refractivity contribution in [2.45, 2.75) is 37.4 Å². The third-order valence-corrected chi connectivity index (χ3v) is 6.68. The van der Waals surface area contributed by atoms with Gasteiger partial charge in [0.1, 0.15) is 5.82 Å². The summed E-state index contributed by atoms with van der Waals surface area (Å²) < 4.78 is 7.67. The molecule has 4 rings (SSSR count). The smallest absolute Gasteiger partial charge is 0.238 e. The Hall–Kier alpha value is -2.10. The van der Waals surface area contributed by atoms with Crippen molar-refractivity contribution >= 4 is 29.0 Å². The molecule has 31 heavy (non-hydrogen) atoms. The lowest BCUT2D eigenvalue weighted by Gasteiger charge is -2.32. The van der Waals surface area contributed by atoms with Gasteiger partial charge in [0.05, 0.1) is 31.1 Å². The van der Waals surface area contributed by atoms with Gasteiger partial charge in [-0.1, -0.05) is 23.9 Å². The molecule has 0 saturated carbocycles. The van der Waals surface area contributed by atoms with E-state index in [9.17, 15) is 4.79 Å². The van der Waals surface area contributed by atoms with Crippen LogP contribution in [0.5, 0.6) is 0 Å². The molecule has 1 aromatic carbocycles. The molecule has 2 aliphatic heterocycles. The SMILES string of the molecule is CCn1c(SC)nnc1[C@@H]1CCCN(CC(=O)Nc2ccccc2N2CCOCC2)C1. The minimum atomic E-state index is 0.0307. The summed E-state index contributed by atoms with van der Waals surface area (Å²) in [5, 5.41) is 12.9. The number of anilines is 2. The first-order valence-electron chi connectivity index (χ1n) is 11.1. The van der Waals surface area contributed by atoms with Crippen LogP contribution in [0.15, 0.2) is 29.4 Å². The van der Waals surface area contributed by atoms with E-state index in [1.807, 2.05) is 24.5 Å². The van der Waals surface area contributed by atoms with Crippen LogP contribution in [0.3, 0.4) is 0 Å². The molecule has 8 nitrogen and oxygen atoms in total. The predicted molar refractivity (Wildman–Crippen MR) is 124 cm³/mol. The van der Waals surface area contributed by atoms with Gasteiger partial charge < -0.3 is 19.5 Å². The normalized spacial score (nSPS) is 20.1. The topological polar surface area (TPSA) is 75.5 Å². The fourth-order valence-corrected chi connectivity index (χ4v) is 5.08. The summed E-state index contributed by atoms with van der Waals surface area (Å²) in [5.74, 6) is 1.40. The van der Waals surface area contributed by atoms with Gasteiger partial charge in [0.25, 0.3) is 0 Å². The lowest BCUT2D eigenvalue weighted by atomic mass is 9.97. The molecule has 1 aromatic heterocycles. The lowest BCUT2D eigenvalue weighted by molar-refractivity contribution is -0.117. The average molecular weight is 445 g/mol. The number of ether oxygens (including phenoxy) is 1. The Morgan fingerprint density at radius 2 is 2.03 bits per heavy atom. The number of piperidine rings is 1. The maximum Gasteiger partial charge on any atom is 0.238 e. The van der Waals surface area contributed by atoms with Crippen LogP contribution in [0.1, 0.15) is 31.5 Å². The molecule has 2 saturated heterocycles. The van der Waals surface area contributed by atoms with Crippen molar-refractivity contribution in [1.82, 2.24) is 19.7 Å². The number of hydrogen-bond donors (Lipinski definition) is 1. The van der Waals surface area contributed by atoms with Crippen LogP contribution in [0, 0.1) is 0 Å². The maximum absolute atomic E-state index is 12.9. The van der Waals surface area contributed by atoms with Gasteiger partial charge in [-0.3, -0.25) is 9.69 Å². The highest BCUT2D eigenvalue weighted by Crippen LogP contribution is 2.29. The molecular formula is C22H32N6O2S. The Morgan fingerprint density at radius 1 is 1.23 bits per heavy atom. The standard InChI is InChI=1S/C22H32N6O2S/c1-3-28-21(24-25-22(28)31-2)17-7-6-10-26(15-17)16-20(29)23-18-8-4-5-9-19(18)27-11-13-30-14-12-27/h4-5,8-9,17H,3,6-7,10-16H2,1-2H3,(H,23,29)/t17-/m1/s1. The van der Waals surface area contributed by atoms with Crippen molar-refractivity contribution in [3.63, 3.8) is 0 Å². The fourth-order valence-electron chi connectivity index (χ4n) is 4.51. The van der Waals surface area contributed by atoms with Gasteiger partial charge in [-0.15, -0.1) is 10.2 Å². The fraction of sp³-hybridized carbons (Fsp3) is 0.591. The summed E-state index contributed by atoms with van der Waals surface area (Å²) in [6.45, 7) is 8.30. The molecule has 2 aromatic rings. The zero-order chi connectivity index (χ0) is 21.6. The molecule has 1 amide bonds. The molecule has 3 heterocycles. The molecule has 168 valence electrons. The second-order valence-electron chi connectivity index (χ2n) is 8.03. The largest absolute Gasteiger partial charge is 0.378 e. The zero-order valence-electron chi connectivity index (χ0n) is 18.4. The van der Waals surface area contributed by atoms with E-state index < -0.39 is 0 Å². The minimum Gasteiger partial charge on any atom is -0.378 e. The summed E-state index contributed by atoms with van der Waals surface area (Å²) in [5.41, 5.74) is 1.94. The Balaban J connectivity index is 1.39. The van der Waals surface area contributed by atoms with Gasteiger partial charge in [0.15, 0.2) is 5.16 Å². The Labute approximate surface area is 188 Å². The number of nitrogens with one attached hydrogen (secondary N) is 1. The molecule has 1 N–H and O–H groups in total. The van der Waals surface area contributed by atoms with Crippen molar-refractivity contribution in [3.05, 3.63) is 30.1 Å². The van der Waals surface area contributed by atoms with Crippen molar-refractivity contribution in [2.24, 2.45) is 0 Å². The van der Waals surface area contributed by atoms with Crippen molar-refractivity contribution in [2.75, 3.05) is 62.4 Å². The number of carbonyl (C=O) groups is 1. The number of para-hydroxylation sites is 2. The molecule has 9 heteroatoms. The summed E-state index contributed by atoms with van der Waals surface area (Å²) in [6.07, 6.45) is 4.18. The molecule has 2 aliphatic rings. The van der Waals surface area contributed by atoms with Gasteiger partial charge in [0, 0.05) is 32.1 Å². The van der Waals surface area contributed by atoms with E-state index in [2.05, 4.69) is 42.9 Å². The van der Waals surface area contributed by atoms with Gasteiger partial charge in [0.2, 0.25) is 5.91 Å². The molecular weight excluding hydrogens is 412 g/mol. The number of morpholine rings is 1. The number of benzene rings is 1. The number of amides is 1. The van der Waals surface area contributed by atoms with Crippen LogP contribution in [-0.2, 0) is 16.1 Å². The number of thioether (sulfide) groups is 1. The van der Waals surface area contributed by atoms with Crippen molar-refractivity contribution < 1.29 is 9.53 Å². The lowest BCUT2D eigenvalue weighted by Crippen LogP contribution is -2.41. The van der Waals surface area contributed by atoms with Crippen LogP contribution in [-0.4, -0.2) is 77.8 Å². The third-order valence-electron chi connectivity index (χ3n) is 6.01. The minimum absolute atomic E-state index is 0.0307. The second kappa shape index (κ2) is 10.5. The van der Waals surface area contributed by atoms with E-state index in [-0.39, 0.29) is 5.91 Å². The maximum atomic E-state index is 12.9. The molecule has 0 bridgehead atoms. The average Bonchev–Trinajstić information content (AvgIpc) is 3.23. The van der Waals surface area contributed by atoms with Crippen molar-refractivity contribution in [1.29, 1.82) is 0 Å². The first-order valence-corrected chi connectivity index (χ1v) is 12.3. The van der Waals surface area contributed by atoms with Gasteiger partial charge in [-0.2, -0.15) is 0 Å². The number of aromatic nitrogens is 3. The van der Waals surface area contributed by atoms with E-state index in [0.29, 0.717) is 12.5 Å². The molecule has 1 atom stereocenters. The summed E-state index contributed by atoms with van der Waals surface area (Å²) in [4.78, 5) is 17.4. The molecule has 0 radical (unpaired) electrons. The summed E-state index contributed by atoms with van der Waals surface area (Å²) >= 11 is 1.63. The van der Waals surface area contributed by atoms with E-state index >= 15 is 0 Å². The monoisotopic (exact) mass is 444 g/mol. The summed E-state index contributed by atoms with van der Waals surface area (Å²) in [6, 6.07) is 8.04. The van der Waals surface area contributed by atoms with E-state index in [1.54, 1.807) is 11.8 Å². The third kappa shape index (κ3) is 5.22. The van der Waals surface area contributed by atoms with Crippen LogP contribution in [0.25, 0.3) is 0 Å². The highest BCUT2D eigenvalue weighted by Gasteiger charge is 2.27. The van der Waals surface area contributed by atoms with Crippen LogP contribution in [0.2, 0.25) is 0 Å². The van der Waals surface area contributed by atoms with Crippen molar-refractivity contribution in [3.8, 4) is 0 Å². The van der Waals surface area contributed by atoms with E-state index in [1.165, 1.54) is 0 Å². The molecule has 0 unspecified atom stereocenters. The molecule has 2 fully saturated rings. The zero-order valence-corrected chi connectivity index (χ0v) is 19.2. The highest BCUT2D eigenvalue weighted by atomic mass is 32.2. The highest BCUT2D eigenvalue weighted by molar-refractivity contribution is 7.98. The Kier molecular flexibility index (Phi) is 7.47. The van der Waals surface area contributed by atoms with Crippen LogP contribution >= 0.6 is 11.8 Å². The Morgan fingerprint density at radius 3 is 2.81 bits per heavy atom. The Bertz CT molecular complexity index is 883. The number of hydrogen-bond acceptors (Lipinski definition) is 7. The predicted octanol–water partition coefficient (Wildman–Crippen LogP) is 2.67. The van der Waals surface area contributed by atoms with Crippen LogP contribution in [0.4, 0.5) is 11.4 Å².